The van der Waals surface area contributed by atoms with Crippen molar-refractivity contribution in [2.75, 3.05) is 13.2 Å². The highest BCUT2D eigenvalue weighted by molar-refractivity contribution is 5.95. The van der Waals surface area contributed by atoms with Gasteiger partial charge in [0.05, 0.1) is 17.7 Å². The van der Waals surface area contributed by atoms with E-state index in [9.17, 15) is 35.9 Å². The Morgan fingerprint density at radius 3 is 1.50 bits per heavy atom. The highest BCUT2D eigenvalue weighted by Crippen LogP contribution is 2.53. The Hall–Kier alpha value is -3.88. The second kappa shape index (κ2) is 10.4. The largest absolute Gasteiger partial charge is 0.442 e. The van der Waals surface area contributed by atoms with Gasteiger partial charge in [-0.15, -0.1) is 20.5 Å². The van der Waals surface area contributed by atoms with E-state index in [1.54, 1.807) is 27.7 Å². The Kier molecular flexibility index (Phi) is 7.72. The van der Waals surface area contributed by atoms with Gasteiger partial charge in [0.15, 0.2) is 0 Å². The topological polar surface area (TPSA) is 117 Å². The summed E-state index contributed by atoms with van der Waals surface area (Å²) in [4.78, 5) is 25.2. The van der Waals surface area contributed by atoms with E-state index in [0.717, 1.165) is 24.3 Å². The van der Waals surface area contributed by atoms with E-state index in [2.05, 4.69) is 31.1 Å². The van der Waals surface area contributed by atoms with Gasteiger partial charge in [0.2, 0.25) is 0 Å². The number of nitrogens with zero attached hydrogens (tertiary/aromatic N) is 4. The molecule has 0 fully saturated rings. The van der Waals surface area contributed by atoms with Crippen LogP contribution < -0.4 is 10.6 Å². The summed E-state index contributed by atoms with van der Waals surface area (Å²) < 4.78 is 85.0. The van der Waals surface area contributed by atoms with Gasteiger partial charge in [-0.25, -0.2) is 0 Å². The van der Waals surface area contributed by atoms with Crippen molar-refractivity contribution >= 4 is 11.8 Å². The molecule has 42 heavy (non-hydrogen) atoms. The number of carbonyl (C=O) groups is 2. The number of rotatable bonds is 11. The van der Waals surface area contributed by atoms with Crippen molar-refractivity contribution < 1.29 is 40.7 Å². The Morgan fingerprint density at radius 2 is 1.12 bits per heavy atom. The van der Waals surface area contributed by atoms with Crippen molar-refractivity contribution in [3.8, 4) is 0 Å². The summed E-state index contributed by atoms with van der Waals surface area (Å²) in [5, 5.41) is 18.0. The lowest BCUT2D eigenvalue weighted by molar-refractivity contribution is -0.166. The predicted octanol–water partition coefficient (Wildman–Crippen LogP) is 6.17. The van der Waals surface area contributed by atoms with Gasteiger partial charge in [-0.05, 0) is 58.4 Å². The SMILES string of the molecule is CC(C)(COC(C)(C)CCNC(=O)c1ccc(C2(C(F)(F)F)N=N2)cc1)NC(=O)c1ccc(C2(C(F)(F)F)N=N2)cc1. The molecule has 2 N–H and O–H groups in total. The number of ether oxygens (including phenoxy) is 1. The van der Waals surface area contributed by atoms with Crippen LogP contribution >= 0.6 is 0 Å². The third-order valence-electron chi connectivity index (χ3n) is 6.78. The van der Waals surface area contributed by atoms with Gasteiger partial charge in [0.25, 0.3) is 11.8 Å². The number of carbonyl (C=O) groups excluding carboxylic acids is 2. The first-order chi connectivity index (χ1) is 19.3. The van der Waals surface area contributed by atoms with Crippen molar-refractivity contribution in [3.63, 3.8) is 0 Å². The van der Waals surface area contributed by atoms with E-state index in [4.69, 9.17) is 4.74 Å². The lowest BCUT2D eigenvalue weighted by Gasteiger charge is -2.32. The monoisotopic (exact) mass is 598 g/mol. The molecule has 0 unspecified atom stereocenters. The number of halogens is 6. The molecule has 15 heteroatoms. The maximum absolute atomic E-state index is 13.2. The Labute approximate surface area is 236 Å². The number of hydrogen-bond donors (Lipinski definition) is 2. The standard InChI is InChI=1S/C27H28F6N6O3/c1-22(2,35-21(41)17-7-11-19(12-8-17)25(38-39-25)27(31,32)33)15-42-23(3,4)13-14-34-20(40)16-5-9-18(10-6-16)24(36-37-24)26(28,29)30/h5-12H,13-15H2,1-4H3,(H,34,40)(H,35,41). The number of benzene rings is 2. The zero-order valence-electron chi connectivity index (χ0n) is 23.0. The molecule has 0 spiro atoms. The van der Waals surface area contributed by atoms with Crippen molar-refractivity contribution in [3.05, 3.63) is 70.8 Å². The van der Waals surface area contributed by atoms with E-state index in [1.807, 2.05) is 0 Å². The molecule has 0 atom stereocenters. The zero-order chi connectivity index (χ0) is 31.2. The molecule has 2 aliphatic rings. The Bertz CT molecular complexity index is 1390. The highest BCUT2D eigenvalue weighted by Gasteiger charge is 2.66. The molecule has 0 radical (unpaired) electrons. The summed E-state index contributed by atoms with van der Waals surface area (Å²) >= 11 is 0. The van der Waals surface area contributed by atoms with Crippen LogP contribution in [-0.4, -0.2) is 48.5 Å². The average molecular weight is 599 g/mol. The van der Waals surface area contributed by atoms with Gasteiger partial charge in [0.1, 0.15) is 0 Å². The van der Waals surface area contributed by atoms with E-state index in [-0.39, 0.29) is 35.4 Å². The lowest BCUT2D eigenvalue weighted by atomic mass is 10.00. The molecule has 4 rings (SSSR count). The summed E-state index contributed by atoms with van der Waals surface area (Å²) in [6.45, 7) is 7.27. The lowest BCUT2D eigenvalue weighted by Crippen LogP contribution is -2.49. The van der Waals surface area contributed by atoms with Crippen molar-refractivity contribution in [2.45, 2.75) is 68.9 Å². The fourth-order valence-corrected chi connectivity index (χ4v) is 4.04. The van der Waals surface area contributed by atoms with E-state index in [0.29, 0.717) is 6.42 Å². The maximum atomic E-state index is 13.2. The molecular weight excluding hydrogens is 570 g/mol. The minimum absolute atomic E-state index is 0.0746. The number of amides is 2. The Balaban J connectivity index is 1.23. The second-order valence-corrected chi connectivity index (χ2v) is 11.3. The second-order valence-electron chi connectivity index (χ2n) is 11.3. The van der Waals surface area contributed by atoms with E-state index >= 15 is 0 Å². The fraction of sp³-hybridized carbons (Fsp3) is 0.481. The van der Waals surface area contributed by atoms with Crippen molar-refractivity contribution in [2.24, 2.45) is 20.5 Å². The molecule has 0 aliphatic carbocycles. The molecule has 2 aromatic carbocycles. The normalized spacial score (nSPS) is 17.1. The average Bonchev–Trinajstić information content (AvgIpc) is 3.80. The first-order valence-electron chi connectivity index (χ1n) is 12.8. The van der Waals surface area contributed by atoms with Crippen LogP contribution in [0, 0.1) is 0 Å². The predicted molar refractivity (Wildman–Crippen MR) is 137 cm³/mol. The smallest absolute Gasteiger partial charge is 0.373 e. The van der Waals surface area contributed by atoms with Crippen LogP contribution in [0.2, 0.25) is 0 Å². The minimum atomic E-state index is -4.66. The molecule has 0 saturated heterocycles. The molecule has 2 aromatic rings. The molecular formula is C27H28F6N6O3. The Morgan fingerprint density at radius 1 is 0.714 bits per heavy atom. The van der Waals surface area contributed by atoms with Crippen LogP contribution in [-0.2, 0) is 16.1 Å². The molecule has 9 nitrogen and oxygen atoms in total. The molecule has 0 saturated carbocycles. The van der Waals surface area contributed by atoms with E-state index in [1.165, 1.54) is 24.3 Å². The van der Waals surface area contributed by atoms with Gasteiger partial charge in [-0.2, -0.15) is 26.3 Å². The van der Waals surface area contributed by atoms with Crippen LogP contribution in [0.5, 0.6) is 0 Å². The molecule has 226 valence electrons. The van der Waals surface area contributed by atoms with Gasteiger partial charge >= 0.3 is 23.7 Å². The van der Waals surface area contributed by atoms with Crippen LogP contribution in [0.25, 0.3) is 0 Å². The van der Waals surface area contributed by atoms with E-state index < -0.39 is 46.6 Å². The van der Waals surface area contributed by atoms with Gasteiger partial charge in [-0.3, -0.25) is 9.59 Å². The summed E-state index contributed by atoms with van der Waals surface area (Å²) in [5.41, 5.74) is -6.75. The van der Waals surface area contributed by atoms with Crippen molar-refractivity contribution in [1.29, 1.82) is 0 Å². The molecule has 2 amide bonds. The molecule has 2 heterocycles. The zero-order valence-corrected chi connectivity index (χ0v) is 23.0. The summed E-state index contributed by atoms with van der Waals surface area (Å²) in [6, 6.07) is 9.73. The first-order valence-corrected chi connectivity index (χ1v) is 12.8. The molecule has 2 aliphatic heterocycles. The quantitative estimate of drug-likeness (QED) is 0.301. The summed E-state index contributed by atoms with van der Waals surface area (Å²) in [5.74, 6) is -0.992. The molecule has 0 aromatic heterocycles. The number of nitrogens with one attached hydrogen (secondary N) is 2. The number of alkyl halides is 6. The van der Waals surface area contributed by atoms with Crippen LogP contribution in [0.1, 0.15) is 66.0 Å². The third kappa shape index (κ3) is 6.45. The molecule has 0 bridgehead atoms. The maximum Gasteiger partial charge on any atom is 0.442 e. The van der Waals surface area contributed by atoms with Crippen molar-refractivity contribution in [1.82, 2.24) is 10.6 Å². The summed E-state index contributed by atoms with van der Waals surface area (Å²) in [7, 11) is 0. The summed E-state index contributed by atoms with van der Waals surface area (Å²) in [6.07, 6.45) is -8.95. The van der Waals surface area contributed by atoms with Crippen LogP contribution in [0.4, 0.5) is 26.3 Å². The third-order valence-corrected chi connectivity index (χ3v) is 6.78. The minimum Gasteiger partial charge on any atom is -0.373 e. The van der Waals surface area contributed by atoms with Gasteiger partial charge < -0.3 is 15.4 Å². The number of hydrogen-bond acceptors (Lipinski definition) is 7. The van der Waals surface area contributed by atoms with Gasteiger partial charge in [-0.1, -0.05) is 24.3 Å². The van der Waals surface area contributed by atoms with Crippen LogP contribution in [0.15, 0.2) is 69.0 Å². The van der Waals surface area contributed by atoms with Crippen LogP contribution in [0.3, 0.4) is 0 Å². The van der Waals surface area contributed by atoms with Gasteiger partial charge in [0, 0.05) is 28.8 Å². The highest BCUT2D eigenvalue weighted by atomic mass is 19.4. The fourth-order valence-electron chi connectivity index (χ4n) is 4.04. The first kappa shape index (κ1) is 31.1.